The number of nitrogens with zero attached hydrogens (tertiary/aromatic N) is 3. The van der Waals surface area contributed by atoms with Gasteiger partial charge in [0, 0.05) is 50.9 Å². The van der Waals surface area contributed by atoms with E-state index in [4.69, 9.17) is 9.47 Å². The molecule has 0 radical (unpaired) electrons. The first-order chi connectivity index (χ1) is 13.9. The summed E-state index contributed by atoms with van der Waals surface area (Å²) in [5, 5.41) is 12.8. The zero-order chi connectivity index (χ0) is 20.5. The molecule has 1 amide bonds. The number of ether oxygens (including phenoxy) is 2. The van der Waals surface area contributed by atoms with E-state index in [0.717, 1.165) is 5.69 Å². The normalized spacial score (nSPS) is 16.0. The lowest BCUT2D eigenvalue weighted by atomic mass is 10.1. The molecule has 8 nitrogen and oxygen atoms in total. The van der Waals surface area contributed by atoms with Gasteiger partial charge in [0.25, 0.3) is 0 Å². The van der Waals surface area contributed by atoms with Gasteiger partial charge in [0.2, 0.25) is 12.7 Å². The van der Waals surface area contributed by atoms with Gasteiger partial charge in [-0.25, -0.2) is 19.2 Å². The van der Waals surface area contributed by atoms with Crippen molar-refractivity contribution in [1.82, 2.24) is 5.01 Å². The van der Waals surface area contributed by atoms with Crippen LogP contribution in [0.15, 0.2) is 36.4 Å². The van der Waals surface area contributed by atoms with Gasteiger partial charge in [0.15, 0.2) is 11.5 Å². The monoisotopic (exact) mass is 401 g/mol. The molecule has 2 aliphatic heterocycles. The number of carboxylic acid groups (broad SMARTS) is 1. The van der Waals surface area contributed by atoms with Crippen molar-refractivity contribution in [2.45, 2.75) is 6.92 Å². The molecule has 2 aromatic carbocycles. The van der Waals surface area contributed by atoms with E-state index in [2.05, 4.69) is 4.90 Å². The van der Waals surface area contributed by atoms with E-state index < -0.39 is 5.97 Å². The van der Waals surface area contributed by atoms with Crippen molar-refractivity contribution < 1.29 is 28.6 Å². The van der Waals surface area contributed by atoms with Gasteiger partial charge in [-0.1, -0.05) is 0 Å². The van der Waals surface area contributed by atoms with Crippen LogP contribution in [0.3, 0.4) is 0 Å². The molecule has 1 saturated heterocycles. The second kappa shape index (κ2) is 7.59. The van der Waals surface area contributed by atoms with Crippen molar-refractivity contribution in [3.63, 3.8) is 0 Å². The minimum absolute atomic E-state index is 0.00820. The molecule has 0 bridgehead atoms. The topological polar surface area (TPSA) is 82.5 Å². The second-order valence-corrected chi connectivity index (χ2v) is 6.78. The number of amides is 1. The molecule has 152 valence electrons. The molecule has 0 atom stereocenters. The lowest BCUT2D eigenvalue weighted by Gasteiger charge is -2.41. The highest BCUT2D eigenvalue weighted by molar-refractivity contribution is 6.01. The van der Waals surface area contributed by atoms with E-state index in [-0.39, 0.29) is 29.8 Å². The minimum atomic E-state index is -1.16. The molecule has 4 rings (SSSR count). The summed E-state index contributed by atoms with van der Waals surface area (Å²) in [6.07, 6.45) is 0. The highest BCUT2D eigenvalue weighted by Gasteiger charge is 2.31. The van der Waals surface area contributed by atoms with E-state index in [1.807, 2.05) is 5.01 Å². The fourth-order valence-corrected chi connectivity index (χ4v) is 3.60. The number of carboxylic acids is 1. The molecular formula is C20H20FN3O5. The maximum absolute atomic E-state index is 13.2. The van der Waals surface area contributed by atoms with Gasteiger partial charge in [0.05, 0.1) is 11.3 Å². The molecular weight excluding hydrogens is 381 g/mol. The molecule has 1 N–H and O–H groups in total. The van der Waals surface area contributed by atoms with Crippen LogP contribution in [0.2, 0.25) is 0 Å². The highest BCUT2D eigenvalue weighted by atomic mass is 19.1. The summed E-state index contributed by atoms with van der Waals surface area (Å²) in [5.74, 6) is -1.01. The maximum Gasteiger partial charge on any atom is 0.338 e. The third kappa shape index (κ3) is 3.68. The number of piperazine rings is 1. The summed E-state index contributed by atoms with van der Waals surface area (Å²) in [7, 11) is 0. The standard InChI is InChI=1S/C20H20FN3O5/c1-13(25)24(17-11-19-18(28-12-29-19)10-16(17)20(26)27)23-8-6-22(7-9-23)15-4-2-14(21)3-5-15/h2-5,10-11H,6-9,12H2,1H3,(H,26,27). The third-order valence-corrected chi connectivity index (χ3v) is 4.98. The molecule has 1 fully saturated rings. The van der Waals surface area contributed by atoms with Crippen molar-refractivity contribution in [3.8, 4) is 11.5 Å². The molecule has 9 heteroatoms. The SMILES string of the molecule is CC(=O)N(c1cc2c(cc1C(=O)O)OCO2)N1CCN(c2ccc(F)cc2)CC1. The molecule has 0 aliphatic carbocycles. The zero-order valence-electron chi connectivity index (χ0n) is 15.8. The van der Waals surface area contributed by atoms with Gasteiger partial charge < -0.3 is 19.5 Å². The van der Waals surface area contributed by atoms with Crippen LogP contribution >= 0.6 is 0 Å². The number of carbonyl (C=O) groups is 2. The second-order valence-electron chi connectivity index (χ2n) is 6.78. The number of benzene rings is 2. The molecule has 0 aromatic heterocycles. The average Bonchev–Trinajstić information content (AvgIpc) is 3.16. The first kappa shape index (κ1) is 19.0. The quantitative estimate of drug-likeness (QED) is 0.842. The number of hydrogen-bond donors (Lipinski definition) is 1. The van der Waals surface area contributed by atoms with Gasteiger partial charge in [-0.3, -0.25) is 4.79 Å². The fraction of sp³-hybridized carbons (Fsp3) is 0.300. The van der Waals surface area contributed by atoms with Crippen molar-refractivity contribution in [2.75, 3.05) is 42.9 Å². The lowest BCUT2D eigenvalue weighted by molar-refractivity contribution is -0.119. The van der Waals surface area contributed by atoms with E-state index in [9.17, 15) is 19.1 Å². The maximum atomic E-state index is 13.2. The fourth-order valence-electron chi connectivity index (χ4n) is 3.60. The summed E-state index contributed by atoms with van der Waals surface area (Å²) < 4.78 is 23.8. The number of rotatable bonds is 4. The van der Waals surface area contributed by atoms with Gasteiger partial charge in [-0.05, 0) is 24.3 Å². The Morgan fingerprint density at radius 3 is 2.24 bits per heavy atom. The van der Waals surface area contributed by atoms with Crippen LogP contribution in [0.25, 0.3) is 0 Å². The van der Waals surface area contributed by atoms with E-state index in [0.29, 0.717) is 37.7 Å². The molecule has 2 heterocycles. The van der Waals surface area contributed by atoms with Crippen LogP contribution in [0.5, 0.6) is 11.5 Å². The Balaban J connectivity index is 1.59. The minimum Gasteiger partial charge on any atom is -0.478 e. The third-order valence-electron chi connectivity index (χ3n) is 4.98. The van der Waals surface area contributed by atoms with Gasteiger partial charge >= 0.3 is 5.97 Å². The molecule has 2 aliphatic rings. The first-order valence-corrected chi connectivity index (χ1v) is 9.17. The number of halogens is 1. The van der Waals surface area contributed by atoms with Gasteiger partial charge in [0.1, 0.15) is 5.82 Å². The number of hydrazine groups is 1. The Morgan fingerprint density at radius 2 is 1.66 bits per heavy atom. The number of fused-ring (bicyclic) bond motifs is 1. The van der Waals surface area contributed by atoms with E-state index >= 15 is 0 Å². The molecule has 2 aromatic rings. The first-order valence-electron chi connectivity index (χ1n) is 9.17. The van der Waals surface area contributed by atoms with Crippen molar-refractivity contribution in [2.24, 2.45) is 0 Å². The Kier molecular flexibility index (Phi) is 4.98. The van der Waals surface area contributed by atoms with E-state index in [1.54, 1.807) is 12.1 Å². The summed E-state index contributed by atoms with van der Waals surface area (Å²) in [4.78, 5) is 26.4. The Labute approximate surface area is 166 Å². The Bertz CT molecular complexity index is 942. The molecule has 0 unspecified atom stereocenters. The smallest absolute Gasteiger partial charge is 0.338 e. The van der Waals surface area contributed by atoms with Crippen LogP contribution in [0, 0.1) is 5.82 Å². The molecule has 0 spiro atoms. The van der Waals surface area contributed by atoms with Crippen LogP contribution < -0.4 is 19.4 Å². The summed E-state index contributed by atoms with van der Waals surface area (Å²) in [6.45, 7) is 3.58. The summed E-state index contributed by atoms with van der Waals surface area (Å²) in [6, 6.07) is 9.16. The van der Waals surface area contributed by atoms with Crippen LogP contribution in [-0.2, 0) is 4.79 Å². The van der Waals surface area contributed by atoms with Crippen LogP contribution in [-0.4, -0.2) is 55.0 Å². The van der Waals surface area contributed by atoms with Crippen molar-refractivity contribution in [1.29, 1.82) is 0 Å². The Morgan fingerprint density at radius 1 is 1.03 bits per heavy atom. The average molecular weight is 401 g/mol. The van der Waals surface area contributed by atoms with E-state index in [1.165, 1.54) is 36.2 Å². The van der Waals surface area contributed by atoms with Crippen molar-refractivity contribution in [3.05, 3.63) is 47.8 Å². The van der Waals surface area contributed by atoms with Crippen LogP contribution in [0.4, 0.5) is 15.8 Å². The predicted octanol–water partition coefficient (Wildman–Crippen LogP) is 2.34. The van der Waals surface area contributed by atoms with Gasteiger partial charge in [-0.2, -0.15) is 0 Å². The van der Waals surface area contributed by atoms with Crippen molar-refractivity contribution >= 4 is 23.3 Å². The lowest BCUT2D eigenvalue weighted by Crippen LogP contribution is -2.56. The number of aromatic carboxylic acids is 1. The summed E-state index contributed by atoms with van der Waals surface area (Å²) >= 11 is 0. The Hall–Kier alpha value is -3.33. The number of anilines is 2. The van der Waals surface area contributed by atoms with Crippen LogP contribution in [0.1, 0.15) is 17.3 Å². The number of carbonyl (C=O) groups excluding carboxylic acids is 1. The largest absolute Gasteiger partial charge is 0.478 e. The predicted molar refractivity (Wildman–Crippen MR) is 103 cm³/mol. The summed E-state index contributed by atoms with van der Waals surface area (Å²) in [5.41, 5.74) is 1.10. The number of hydrogen-bond acceptors (Lipinski definition) is 6. The zero-order valence-corrected chi connectivity index (χ0v) is 15.8. The highest BCUT2D eigenvalue weighted by Crippen LogP contribution is 2.39. The van der Waals surface area contributed by atoms with Gasteiger partial charge in [-0.15, -0.1) is 0 Å². The molecule has 29 heavy (non-hydrogen) atoms. The molecule has 0 saturated carbocycles.